The fraction of sp³-hybridized carbons (Fsp3) is 0.154. The van der Waals surface area contributed by atoms with Crippen molar-refractivity contribution >= 4 is 46.3 Å². The highest BCUT2D eigenvalue weighted by atomic mass is 35.5. The summed E-state index contributed by atoms with van der Waals surface area (Å²) in [7, 11) is 1.41. The third kappa shape index (κ3) is 6.41. The van der Waals surface area contributed by atoms with E-state index in [0.29, 0.717) is 22.5 Å². The first-order valence-electron chi connectivity index (χ1n) is 11.0. The number of nitro groups is 1. The fourth-order valence-electron chi connectivity index (χ4n) is 3.47. The number of benzene rings is 3. The fourth-order valence-corrected chi connectivity index (χ4v) is 4.45. The number of thioether (sulfide) groups is 1. The Balaban J connectivity index is 1.51. The molecule has 0 atom stereocenters. The minimum absolute atomic E-state index is 0.0162. The highest BCUT2D eigenvalue weighted by Crippen LogP contribution is 2.39. The van der Waals surface area contributed by atoms with Gasteiger partial charge in [-0.05, 0) is 53.7 Å². The number of ether oxygens (including phenoxy) is 3. The maximum atomic E-state index is 12.9. The Hall–Kier alpha value is -4.02. The van der Waals surface area contributed by atoms with Gasteiger partial charge in [-0.3, -0.25) is 24.6 Å². The van der Waals surface area contributed by atoms with Crippen molar-refractivity contribution in [1.82, 2.24) is 4.90 Å². The van der Waals surface area contributed by atoms with E-state index in [2.05, 4.69) is 0 Å². The second-order valence-corrected chi connectivity index (χ2v) is 9.16. The zero-order valence-corrected chi connectivity index (χ0v) is 21.2. The lowest BCUT2D eigenvalue weighted by atomic mass is 10.1. The first kappa shape index (κ1) is 26.1. The summed E-state index contributed by atoms with van der Waals surface area (Å²) in [5.74, 6) is 0.419. The number of rotatable bonds is 10. The van der Waals surface area contributed by atoms with Crippen LogP contribution >= 0.6 is 23.4 Å². The predicted octanol–water partition coefficient (Wildman–Crippen LogP) is 5.95. The van der Waals surface area contributed by atoms with Crippen molar-refractivity contribution in [2.45, 2.75) is 6.61 Å². The molecule has 2 amide bonds. The van der Waals surface area contributed by atoms with Crippen LogP contribution in [0.3, 0.4) is 0 Å². The molecular weight excluding hydrogens is 520 g/mol. The molecule has 0 saturated carbocycles. The Morgan fingerprint density at radius 2 is 1.76 bits per heavy atom. The van der Waals surface area contributed by atoms with Gasteiger partial charge in [0.2, 0.25) is 0 Å². The van der Waals surface area contributed by atoms with E-state index in [4.69, 9.17) is 25.8 Å². The molecule has 1 saturated heterocycles. The zero-order chi connectivity index (χ0) is 26.4. The number of nitro benzene ring substituents is 1. The van der Waals surface area contributed by atoms with Gasteiger partial charge < -0.3 is 14.2 Å². The molecule has 3 aromatic carbocycles. The smallest absolute Gasteiger partial charge is 0.293 e. The Morgan fingerprint density at radius 3 is 2.43 bits per heavy atom. The summed E-state index contributed by atoms with van der Waals surface area (Å²) >= 11 is 6.55. The van der Waals surface area contributed by atoms with Crippen LogP contribution in [0, 0.1) is 10.1 Å². The van der Waals surface area contributed by atoms with Crippen LogP contribution in [0.1, 0.15) is 11.1 Å². The van der Waals surface area contributed by atoms with Crippen molar-refractivity contribution in [2.75, 3.05) is 20.3 Å². The molecule has 1 heterocycles. The van der Waals surface area contributed by atoms with Gasteiger partial charge in [-0.25, -0.2) is 0 Å². The average Bonchev–Trinajstić information content (AvgIpc) is 3.16. The quantitative estimate of drug-likeness (QED) is 0.176. The molecule has 37 heavy (non-hydrogen) atoms. The average molecular weight is 541 g/mol. The normalized spacial score (nSPS) is 14.2. The maximum Gasteiger partial charge on any atom is 0.293 e. The van der Waals surface area contributed by atoms with Crippen molar-refractivity contribution in [3.63, 3.8) is 0 Å². The number of methoxy groups -OCH3 is 1. The molecule has 11 heteroatoms. The Morgan fingerprint density at radius 1 is 1.03 bits per heavy atom. The third-order valence-electron chi connectivity index (χ3n) is 5.30. The van der Waals surface area contributed by atoms with Crippen molar-refractivity contribution in [2.24, 2.45) is 0 Å². The molecule has 0 aliphatic carbocycles. The minimum Gasteiger partial charge on any atom is -0.493 e. The number of carbonyl (C=O) groups is 2. The van der Waals surface area contributed by atoms with Crippen LogP contribution in [0.5, 0.6) is 17.2 Å². The molecular formula is C26H21ClN2O7S. The molecule has 0 N–H and O–H groups in total. The monoisotopic (exact) mass is 540 g/mol. The van der Waals surface area contributed by atoms with Crippen LogP contribution in [-0.4, -0.2) is 41.2 Å². The number of hydrogen-bond acceptors (Lipinski definition) is 8. The summed E-state index contributed by atoms with van der Waals surface area (Å²) in [5, 5.41) is 11.9. The molecule has 0 bridgehead atoms. The molecule has 0 unspecified atom stereocenters. The predicted molar refractivity (Wildman–Crippen MR) is 140 cm³/mol. The first-order chi connectivity index (χ1) is 17.9. The topological polar surface area (TPSA) is 108 Å². The number of amides is 2. The van der Waals surface area contributed by atoms with E-state index < -0.39 is 16.1 Å². The van der Waals surface area contributed by atoms with E-state index in [0.717, 1.165) is 10.5 Å². The molecule has 0 spiro atoms. The number of nitrogens with zero attached hydrogens (tertiary/aromatic N) is 2. The zero-order valence-electron chi connectivity index (χ0n) is 19.6. The summed E-state index contributed by atoms with van der Waals surface area (Å²) in [6.07, 6.45) is 1.31. The molecule has 1 aliphatic heterocycles. The largest absolute Gasteiger partial charge is 0.493 e. The highest BCUT2D eigenvalue weighted by molar-refractivity contribution is 8.18. The minimum atomic E-state index is -0.579. The van der Waals surface area contributed by atoms with Gasteiger partial charge in [0, 0.05) is 5.02 Å². The Bertz CT molecular complexity index is 1350. The number of hydrogen-bond donors (Lipinski definition) is 0. The summed E-state index contributed by atoms with van der Waals surface area (Å²) < 4.78 is 16.7. The van der Waals surface area contributed by atoms with Crippen LogP contribution in [0.4, 0.5) is 10.5 Å². The molecule has 4 rings (SSSR count). The van der Waals surface area contributed by atoms with Crippen LogP contribution < -0.4 is 14.2 Å². The van der Waals surface area contributed by atoms with Crippen LogP contribution in [0.25, 0.3) is 6.08 Å². The van der Waals surface area contributed by atoms with Gasteiger partial charge in [-0.15, -0.1) is 0 Å². The van der Waals surface area contributed by atoms with E-state index in [1.807, 2.05) is 30.3 Å². The lowest BCUT2D eigenvalue weighted by Crippen LogP contribution is -2.32. The van der Waals surface area contributed by atoms with Gasteiger partial charge in [0.15, 0.2) is 11.5 Å². The third-order valence-corrected chi connectivity index (χ3v) is 6.46. The Labute approximate surface area is 221 Å². The molecule has 1 aliphatic rings. The second-order valence-electron chi connectivity index (χ2n) is 7.73. The van der Waals surface area contributed by atoms with Gasteiger partial charge in [0.25, 0.3) is 16.8 Å². The van der Waals surface area contributed by atoms with Crippen molar-refractivity contribution in [1.29, 1.82) is 0 Å². The Kier molecular flexibility index (Phi) is 8.32. The van der Waals surface area contributed by atoms with E-state index in [1.165, 1.54) is 25.3 Å². The van der Waals surface area contributed by atoms with E-state index >= 15 is 0 Å². The summed E-state index contributed by atoms with van der Waals surface area (Å²) in [6.45, 7) is 0.279. The second kappa shape index (κ2) is 11.8. The maximum absolute atomic E-state index is 12.9. The lowest BCUT2D eigenvalue weighted by molar-refractivity contribution is -0.385. The number of imide groups is 1. The molecule has 0 aromatic heterocycles. The SMILES string of the molecule is COc1cc(/C=C2\SC(=O)N(CCOc3ccc(Cl)cc3)C2=O)c([N+](=O)[O-])cc1OCc1ccccc1. The van der Waals surface area contributed by atoms with Gasteiger partial charge >= 0.3 is 0 Å². The van der Waals surface area contributed by atoms with Crippen LogP contribution in [-0.2, 0) is 11.4 Å². The van der Waals surface area contributed by atoms with Gasteiger partial charge in [-0.1, -0.05) is 41.9 Å². The lowest BCUT2D eigenvalue weighted by Gasteiger charge is -2.13. The van der Waals surface area contributed by atoms with Gasteiger partial charge in [0.1, 0.15) is 19.0 Å². The van der Waals surface area contributed by atoms with Gasteiger partial charge in [-0.2, -0.15) is 0 Å². The van der Waals surface area contributed by atoms with Crippen molar-refractivity contribution in [3.05, 3.63) is 97.9 Å². The molecule has 3 aromatic rings. The van der Waals surface area contributed by atoms with E-state index in [9.17, 15) is 19.7 Å². The van der Waals surface area contributed by atoms with Crippen molar-refractivity contribution < 1.29 is 28.7 Å². The highest BCUT2D eigenvalue weighted by Gasteiger charge is 2.35. The van der Waals surface area contributed by atoms with E-state index in [-0.39, 0.29) is 47.4 Å². The summed E-state index contributed by atoms with van der Waals surface area (Å²) in [4.78, 5) is 37.7. The van der Waals surface area contributed by atoms with Gasteiger partial charge in [0.05, 0.1) is 35.1 Å². The van der Waals surface area contributed by atoms with Crippen LogP contribution in [0.2, 0.25) is 5.02 Å². The number of halogens is 1. The van der Waals surface area contributed by atoms with E-state index in [1.54, 1.807) is 24.3 Å². The molecule has 190 valence electrons. The van der Waals surface area contributed by atoms with Crippen molar-refractivity contribution in [3.8, 4) is 17.2 Å². The van der Waals surface area contributed by atoms with Crippen LogP contribution in [0.15, 0.2) is 71.6 Å². The molecule has 0 radical (unpaired) electrons. The molecule has 9 nitrogen and oxygen atoms in total. The summed E-state index contributed by atoms with van der Waals surface area (Å²) in [5.41, 5.74) is 0.698. The summed E-state index contributed by atoms with van der Waals surface area (Å²) in [6, 6.07) is 18.7. The standard InChI is InChI=1S/C26H21ClN2O7S/c1-34-22-13-18(21(29(32)33)15-23(22)36-16-17-5-3-2-4-6-17)14-24-25(30)28(26(31)37-24)11-12-35-20-9-7-19(27)8-10-20/h2-10,13-15H,11-12,16H2,1H3/b24-14-. The molecule has 1 fully saturated rings. The number of carbonyl (C=O) groups excluding carboxylic acids is 2. The first-order valence-corrected chi connectivity index (χ1v) is 12.2.